The van der Waals surface area contributed by atoms with E-state index in [0.29, 0.717) is 5.92 Å². The first-order valence-electron chi connectivity index (χ1n) is 22.7. The molecule has 0 saturated heterocycles. The van der Waals surface area contributed by atoms with Gasteiger partial charge in [0, 0.05) is 32.9 Å². The predicted molar refractivity (Wildman–Crippen MR) is 270 cm³/mol. The maximum absolute atomic E-state index is 2.87. The number of hydrogen-bond acceptors (Lipinski definition) is 0. The van der Waals surface area contributed by atoms with Crippen LogP contribution in [-0.2, 0) is 0 Å². The van der Waals surface area contributed by atoms with Crippen LogP contribution in [0.1, 0.15) is 43.6 Å². The Hall–Kier alpha value is -7.20. The molecular formula is C60H48N2Si. The minimum absolute atomic E-state index is 0.622. The second-order valence-corrected chi connectivity index (χ2v) is 21.3. The number of para-hydroxylation sites is 2. The highest BCUT2D eigenvalue weighted by Crippen LogP contribution is 2.42. The summed E-state index contributed by atoms with van der Waals surface area (Å²) in [5, 5.41) is 10.7. The molecule has 302 valence electrons. The predicted octanol–water partition coefficient (Wildman–Crippen LogP) is 13.0. The quantitative estimate of drug-likeness (QED) is 0.107. The number of aromatic nitrogens is 2. The lowest BCUT2D eigenvalue weighted by atomic mass is 9.82. The van der Waals surface area contributed by atoms with Gasteiger partial charge in [-0.3, -0.25) is 0 Å². The minimum atomic E-state index is -2.87. The zero-order valence-electron chi connectivity index (χ0n) is 35.4. The van der Waals surface area contributed by atoms with Crippen molar-refractivity contribution in [1.82, 2.24) is 9.13 Å². The van der Waals surface area contributed by atoms with Crippen LogP contribution in [0.4, 0.5) is 0 Å². The van der Waals surface area contributed by atoms with Crippen molar-refractivity contribution in [1.29, 1.82) is 0 Å². The monoisotopic (exact) mass is 824 g/mol. The van der Waals surface area contributed by atoms with E-state index in [2.05, 4.69) is 234 Å². The lowest BCUT2D eigenvalue weighted by Gasteiger charge is -2.35. The zero-order chi connectivity index (χ0) is 41.7. The molecule has 0 N–H and O–H groups in total. The number of benzene rings is 9. The van der Waals surface area contributed by atoms with Crippen LogP contribution >= 0.6 is 0 Å². The molecule has 0 amide bonds. The van der Waals surface area contributed by atoms with Gasteiger partial charge in [0.25, 0.3) is 0 Å². The second-order valence-electron chi connectivity index (χ2n) is 17.5. The van der Waals surface area contributed by atoms with Crippen molar-refractivity contribution >= 4 is 72.4 Å². The van der Waals surface area contributed by atoms with Crippen molar-refractivity contribution in [2.45, 2.75) is 38.0 Å². The van der Waals surface area contributed by atoms with Crippen LogP contribution in [0.2, 0.25) is 0 Å². The fraction of sp³-hybridized carbons (Fsp3) is 0.100. The van der Waals surface area contributed by atoms with Gasteiger partial charge in [-0.2, -0.15) is 0 Å². The Balaban J connectivity index is 1.07. The van der Waals surface area contributed by atoms with E-state index in [1.54, 1.807) is 0 Å². The Morgan fingerprint density at radius 1 is 0.333 bits per heavy atom. The van der Waals surface area contributed by atoms with Crippen LogP contribution in [-0.4, -0.2) is 17.2 Å². The van der Waals surface area contributed by atoms with Crippen molar-refractivity contribution < 1.29 is 0 Å². The first-order chi connectivity index (χ1) is 31.3. The van der Waals surface area contributed by atoms with Gasteiger partial charge in [-0.05, 0) is 105 Å². The van der Waals surface area contributed by atoms with Crippen LogP contribution in [0.5, 0.6) is 0 Å². The van der Waals surface area contributed by atoms with Gasteiger partial charge in [-0.15, -0.1) is 0 Å². The van der Waals surface area contributed by atoms with E-state index in [1.807, 2.05) is 0 Å². The summed E-state index contributed by atoms with van der Waals surface area (Å²) in [5.41, 5.74) is 11.3. The van der Waals surface area contributed by atoms with Gasteiger partial charge < -0.3 is 9.13 Å². The van der Waals surface area contributed by atoms with Gasteiger partial charge in [0.2, 0.25) is 0 Å². The molecule has 2 heterocycles. The van der Waals surface area contributed by atoms with Gasteiger partial charge in [-0.1, -0.05) is 195 Å². The van der Waals surface area contributed by atoms with Gasteiger partial charge in [0.05, 0.1) is 22.1 Å². The molecule has 1 fully saturated rings. The van der Waals surface area contributed by atoms with Crippen LogP contribution in [0, 0.1) is 0 Å². The van der Waals surface area contributed by atoms with Gasteiger partial charge in [0.15, 0.2) is 8.07 Å². The van der Waals surface area contributed by atoms with E-state index < -0.39 is 8.07 Å². The summed E-state index contributed by atoms with van der Waals surface area (Å²) in [6, 6.07) is 84.4. The summed E-state index contributed by atoms with van der Waals surface area (Å²) in [6.45, 7) is 0. The minimum Gasteiger partial charge on any atom is -0.309 e. The molecule has 1 aliphatic rings. The first kappa shape index (κ1) is 37.5. The van der Waals surface area contributed by atoms with E-state index >= 15 is 0 Å². The number of hydrogen-bond donors (Lipinski definition) is 0. The van der Waals surface area contributed by atoms with Crippen LogP contribution in [0.25, 0.3) is 66.1 Å². The van der Waals surface area contributed by atoms with Crippen molar-refractivity contribution in [2.24, 2.45) is 0 Å². The van der Waals surface area contributed by atoms with Crippen molar-refractivity contribution in [3.05, 3.63) is 230 Å². The Labute approximate surface area is 370 Å². The molecule has 63 heavy (non-hydrogen) atoms. The maximum atomic E-state index is 2.52. The largest absolute Gasteiger partial charge is 0.309 e. The highest BCUT2D eigenvalue weighted by atomic mass is 28.3. The summed E-state index contributed by atoms with van der Waals surface area (Å²) < 4.78 is 5.02. The van der Waals surface area contributed by atoms with E-state index in [9.17, 15) is 0 Å². The lowest BCUT2D eigenvalue weighted by Crippen LogP contribution is -2.74. The summed E-state index contributed by atoms with van der Waals surface area (Å²) in [4.78, 5) is 0. The van der Waals surface area contributed by atoms with Crippen molar-refractivity contribution in [3.63, 3.8) is 0 Å². The number of nitrogens with zero attached hydrogens (tertiary/aromatic N) is 2. The van der Waals surface area contributed by atoms with Crippen LogP contribution in [0.3, 0.4) is 0 Å². The SMILES string of the molecule is c1ccc(-c2cccc([Si](c3ccccc3)(c3ccccc3)c3cccc(-n4c5ccccc5c5cc(-n6c7ccccc7c7c(C8CCCCC8)cccc76)ccc54)c3)c2)cc1. The first-order valence-corrected chi connectivity index (χ1v) is 24.7. The lowest BCUT2D eigenvalue weighted by molar-refractivity contribution is 0.445. The highest BCUT2D eigenvalue weighted by molar-refractivity contribution is 7.20. The second kappa shape index (κ2) is 15.6. The van der Waals surface area contributed by atoms with Gasteiger partial charge in [0.1, 0.15) is 0 Å². The Morgan fingerprint density at radius 3 is 1.57 bits per heavy atom. The number of rotatable bonds is 8. The fourth-order valence-corrected chi connectivity index (χ4v) is 16.1. The average Bonchev–Trinajstić information content (AvgIpc) is 3.88. The Bertz CT molecular complexity index is 3390. The summed E-state index contributed by atoms with van der Waals surface area (Å²) in [5.74, 6) is 0.622. The van der Waals surface area contributed by atoms with Crippen molar-refractivity contribution in [3.8, 4) is 22.5 Å². The molecule has 3 heteroatoms. The Kier molecular flexibility index (Phi) is 9.30. The third-order valence-corrected chi connectivity index (χ3v) is 18.8. The van der Waals surface area contributed by atoms with Crippen LogP contribution in [0.15, 0.2) is 224 Å². The van der Waals surface area contributed by atoms with E-state index in [1.165, 1.54) is 125 Å². The topological polar surface area (TPSA) is 9.86 Å². The van der Waals surface area contributed by atoms with E-state index in [-0.39, 0.29) is 0 Å². The molecule has 9 aromatic carbocycles. The van der Waals surface area contributed by atoms with E-state index in [4.69, 9.17) is 0 Å². The van der Waals surface area contributed by atoms with Crippen LogP contribution < -0.4 is 20.7 Å². The fourth-order valence-electron chi connectivity index (χ4n) is 11.3. The molecule has 0 spiro atoms. The highest BCUT2D eigenvalue weighted by Gasteiger charge is 2.42. The molecular weight excluding hydrogens is 777 g/mol. The molecule has 1 saturated carbocycles. The molecule has 12 rings (SSSR count). The van der Waals surface area contributed by atoms with E-state index in [0.717, 1.165) is 0 Å². The molecule has 11 aromatic rings. The molecule has 0 radical (unpaired) electrons. The smallest absolute Gasteiger partial charge is 0.179 e. The molecule has 0 bridgehead atoms. The molecule has 0 aliphatic heterocycles. The molecule has 0 atom stereocenters. The molecule has 2 aromatic heterocycles. The van der Waals surface area contributed by atoms with Gasteiger partial charge in [-0.25, -0.2) is 0 Å². The standard InChI is InChI=1S/C60H48N2Si/c1-5-20-43(21-6-1)45-24-17-30-50(40-45)63(48-26-9-3-10-27-48,49-28-11-4-12-29-49)51-31-18-25-46(41-51)61-56-35-15-13-32-53(56)55-42-47(38-39-58(55)61)62-57-36-16-14-33-54(57)60-52(34-19-37-59(60)62)44-22-7-2-8-23-44/h1,3-6,9-21,24-42,44H,2,7-8,22-23H2. The molecule has 2 nitrogen and oxygen atoms in total. The maximum Gasteiger partial charge on any atom is 0.179 e. The Morgan fingerprint density at radius 2 is 0.841 bits per heavy atom. The third kappa shape index (κ3) is 6.13. The van der Waals surface area contributed by atoms with Crippen molar-refractivity contribution in [2.75, 3.05) is 0 Å². The zero-order valence-corrected chi connectivity index (χ0v) is 36.4. The van der Waals surface area contributed by atoms with Gasteiger partial charge >= 0.3 is 0 Å². The normalized spacial score (nSPS) is 13.7. The average molecular weight is 825 g/mol. The summed E-state index contributed by atoms with van der Waals surface area (Å²) in [6.07, 6.45) is 6.58. The molecule has 0 unspecified atom stereocenters. The third-order valence-electron chi connectivity index (χ3n) is 14.0. The molecule has 1 aliphatic carbocycles. The summed E-state index contributed by atoms with van der Waals surface area (Å²) >= 11 is 0. The number of fused-ring (bicyclic) bond motifs is 6. The summed E-state index contributed by atoms with van der Waals surface area (Å²) in [7, 11) is -2.87.